The number of aldehydes is 1. The lowest BCUT2D eigenvalue weighted by Crippen LogP contribution is -2.00. The van der Waals surface area contributed by atoms with Crippen molar-refractivity contribution in [2.45, 2.75) is 13.3 Å². The minimum atomic E-state index is 0.587. The first kappa shape index (κ1) is 11.4. The molecule has 4 heteroatoms. The predicted molar refractivity (Wildman–Crippen MR) is 64.9 cm³/mol. The van der Waals surface area contributed by atoms with Gasteiger partial charge in [0.15, 0.2) is 6.29 Å². The van der Waals surface area contributed by atoms with Crippen molar-refractivity contribution in [1.29, 1.82) is 0 Å². The van der Waals surface area contributed by atoms with E-state index in [1.165, 1.54) is 0 Å². The van der Waals surface area contributed by atoms with E-state index in [1.807, 2.05) is 23.8 Å². The minimum Gasteiger partial charge on any atom is -0.495 e. The third-order valence-corrected chi connectivity index (χ3v) is 2.63. The summed E-state index contributed by atoms with van der Waals surface area (Å²) in [5.41, 5.74) is 2.30. The van der Waals surface area contributed by atoms with Crippen LogP contribution in [-0.4, -0.2) is 22.9 Å². The highest BCUT2D eigenvalue weighted by molar-refractivity contribution is 5.83. The second-order valence-electron chi connectivity index (χ2n) is 3.64. The number of para-hydroxylation sites is 1. The second-order valence-corrected chi connectivity index (χ2v) is 3.64. The lowest BCUT2D eigenvalue weighted by atomic mass is 10.2. The van der Waals surface area contributed by atoms with Crippen molar-refractivity contribution in [1.82, 2.24) is 9.55 Å². The lowest BCUT2D eigenvalue weighted by molar-refractivity contribution is 0.112. The standard InChI is InChI=1S/C13H14N2O2/c1-3-11-7-15(9-14-11)13-10(8-16)5-4-6-12(13)17-2/h4-9H,3H2,1-2H3. The second kappa shape index (κ2) is 4.82. The molecule has 2 rings (SSSR count). The van der Waals surface area contributed by atoms with E-state index in [1.54, 1.807) is 25.6 Å². The van der Waals surface area contributed by atoms with E-state index in [0.717, 1.165) is 24.1 Å². The molecule has 88 valence electrons. The van der Waals surface area contributed by atoms with E-state index in [4.69, 9.17) is 4.74 Å². The van der Waals surface area contributed by atoms with Crippen molar-refractivity contribution < 1.29 is 9.53 Å². The predicted octanol–water partition coefficient (Wildman–Crippen LogP) is 2.26. The molecule has 0 amide bonds. The number of rotatable bonds is 4. The van der Waals surface area contributed by atoms with Gasteiger partial charge in [-0.25, -0.2) is 4.98 Å². The number of carbonyl (C=O) groups excluding carboxylic acids is 1. The Morgan fingerprint density at radius 3 is 2.88 bits per heavy atom. The number of carbonyl (C=O) groups is 1. The molecule has 0 saturated heterocycles. The summed E-state index contributed by atoms with van der Waals surface area (Å²) >= 11 is 0. The largest absolute Gasteiger partial charge is 0.495 e. The summed E-state index contributed by atoms with van der Waals surface area (Å²) in [6.07, 6.45) is 5.29. The Kier molecular flexibility index (Phi) is 3.23. The van der Waals surface area contributed by atoms with Crippen LogP contribution in [0, 0.1) is 0 Å². The van der Waals surface area contributed by atoms with E-state index in [0.29, 0.717) is 11.3 Å². The lowest BCUT2D eigenvalue weighted by Gasteiger charge is -2.10. The van der Waals surface area contributed by atoms with Gasteiger partial charge in [0.25, 0.3) is 0 Å². The van der Waals surface area contributed by atoms with Crippen molar-refractivity contribution >= 4 is 6.29 Å². The number of hydrogen-bond donors (Lipinski definition) is 0. The van der Waals surface area contributed by atoms with Gasteiger partial charge in [-0.15, -0.1) is 0 Å². The molecule has 0 radical (unpaired) electrons. The van der Waals surface area contributed by atoms with Crippen molar-refractivity contribution in [2.75, 3.05) is 7.11 Å². The van der Waals surface area contributed by atoms with Gasteiger partial charge in [-0.1, -0.05) is 13.0 Å². The van der Waals surface area contributed by atoms with Crippen molar-refractivity contribution in [3.8, 4) is 11.4 Å². The van der Waals surface area contributed by atoms with Crippen LogP contribution in [-0.2, 0) is 6.42 Å². The third kappa shape index (κ3) is 2.06. The molecule has 1 aromatic carbocycles. The Labute approximate surface area is 99.9 Å². The summed E-state index contributed by atoms with van der Waals surface area (Å²) < 4.78 is 7.10. The average molecular weight is 230 g/mol. The van der Waals surface area contributed by atoms with Crippen LogP contribution in [0.4, 0.5) is 0 Å². The molecular formula is C13H14N2O2. The van der Waals surface area contributed by atoms with Crippen LogP contribution in [0.15, 0.2) is 30.7 Å². The number of benzene rings is 1. The zero-order valence-corrected chi connectivity index (χ0v) is 9.88. The van der Waals surface area contributed by atoms with E-state index in [2.05, 4.69) is 4.98 Å². The van der Waals surface area contributed by atoms with Gasteiger partial charge < -0.3 is 9.30 Å². The Morgan fingerprint density at radius 1 is 1.47 bits per heavy atom. The number of aryl methyl sites for hydroxylation is 1. The van der Waals surface area contributed by atoms with Crippen LogP contribution in [0.1, 0.15) is 23.0 Å². The van der Waals surface area contributed by atoms with Crippen molar-refractivity contribution in [3.63, 3.8) is 0 Å². The molecule has 2 aromatic rings. The third-order valence-electron chi connectivity index (χ3n) is 2.63. The summed E-state index contributed by atoms with van der Waals surface area (Å²) in [4.78, 5) is 15.3. The Balaban J connectivity index is 2.59. The van der Waals surface area contributed by atoms with Gasteiger partial charge in [0.05, 0.1) is 24.8 Å². The molecule has 17 heavy (non-hydrogen) atoms. The minimum absolute atomic E-state index is 0.587. The van der Waals surface area contributed by atoms with Gasteiger partial charge in [0, 0.05) is 11.8 Å². The topological polar surface area (TPSA) is 44.1 Å². The van der Waals surface area contributed by atoms with Gasteiger partial charge in [-0.3, -0.25) is 4.79 Å². The van der Waals surface area contributed by atoms with Gasteiger partial charge in [0.1, 0.15) is 5.75 Å². The SMILES string of the molecule is CCc1cn(-c2c(C=O)cccc2OC)cn1. The molecule has 0 aliphatic carbocycles. The molecule has 0 aliphatic rings. The number of ether oxygens (including phenoxy) is 1. The van der Waals surface area contributed by atoms with Crippen molar-refractivity contribution in [3.05, 3.63) is 42.0 Å². The molecule has 0 fully saturated rings. The number of nitrogens with zero attached hydrogens (tertiary/aromatic N) is 2. The van der Waals surface area contributed by atoms with E-state index in [-0.39, 0.29) is 0 Å². The zero-order valence-electron chi connectivity index (χ0n) is 9.88. The van der Waals surface area contributed by atoms with E-state index in [9.17, 15) is 4.79 Å². The summed E-state index contributed by atoms with van der Waals surface area (Å²) in [5.74, 6) is 0.662. The molecule has 4 nitrogen and oxygen atoms in total. The highest BCUT2D eigenvalue weighted by Gasteiger charge is 2.11. The molecule has 0 saturated carbocycles. The number of methoxy groups -OCH3 is 1. The van der Waals surface area contributed by atoms with Crippen LogP contribution in [0.25, 0.3) is 5.69 Å². The Morgan fingerprint density at radius 2 is 2.29 bits per heavy atom. The van der Waals surface area contributed by atoms with Crippen LogP contribution < -0.4 is 4.74 Å². The fourth-order valence-corrected chi connectivity index (χ4v) is 1.74. The maximum atomic E-state index is 11.1. The first-order valence-corrected chi connectivity index (χ1v) is 5.45. The first-order chi connectivity index (χ1) is 8.30. The van der Waals surface area contributed by atoms with Crippen LogP contribution in [0.2, 0.25) is 0 Å². The van der Waals surface area contributed by atoms with Crippen LogP contribution >= 0.6 is 0 Å². The summed E-state index contributed by atoms with van der Waals surface area (Å²) in [7, 11) is 1.59. The molecule has 1 aromatic heterocycles. The number of hydrogen-bond acceptors (Lipinski definition) is 3. The highest BCUT2D eigenvalue weighted by Crippen LogP contribution is 2.25. The molecule has 0 atom stereocenters. The van der Waals surface area contributed by atoms with Crippen LogP contribution in [0.5, 0.6) is 5.75 Å². The van der Waals surface area contributed by atoms with Gasteiger partial charge >= 0.3 is 0 Å². The Hall–Kier alpha value is -2.10. The summed E-state index contributed by atoms with van der Waals surface area (Å²) in [6, 6.07) is 5.38. The molecule has 0 N–H and O–H groups in total. The van der Waals surface area contributed by atoms with E-state index < -0.39 is 0 Å². The average Bonchev–Trinajstić information content (AvgIpc) is 2.86. The van der Waals surface area contributed by atoms with Gasteiger partial charge in [-0.2, -0.15) is 0 Å². The smallest absolute Gasteiger partial charge is 0.152 e. The molecule has 0 bridgehead atoms. The maximum absolute atomic E-state index is 11.1. The van der Waals surface area contributed by atoms with Gasteiger partial charge in [-0.05, 0) is 18.6 Å². The molecule has 0 aliphatic heterocycles. The quantitative estimate of drug-likeness (QED) is 0.757. The maximum Gasteiger partial charge on any atom is 0.152 e. The first-order valence-electron chi connectivity index (χ1n) is 5.45. The molecule has 1 heterocycles. The van der Waals surface area contributed by atoms with Gasteiger partial charge in [0.2, 0.25) is 0 Å². The molecular weight excluding hydrogens is 216 g/mol. The fourth-order valence-electron chi connectivity index (χ4n) is 1.74. The highest BCUT2D eigenvalue weighted by atomic mass is 16.5. The summed E-state index contributed by atoms with van der Waals surface area (Å²) in [6.45, 7) is 2.04. The number of imidazole rings is 1. The Bertz CT molecular complexity index is 532. The summed E-state index contributed by atoms with van der Waals surface area (Å²) in [5, 5.41) is 0. The normalized spacial score (nSPS) is 10.2. The molecule has 0 unspecified atom stereocenters. The molecule has 0 spiro atoms. The zero-order chi connectivity index (χ0) is 12.3. The number of aromatic nitrogens is 2. The fraction of sp³-hybridized carbons (Fsp3) is 0.231. The van der Waals surface area contributed by atoms with Crippen LogP contribution in [0.3, 0.4) is 0 Å². The van der Waals surface area contributed by atoms with E-state index >= 15 is 0 Å². The van der Waals surface area contributed by atoms with Crippen molar-refractivity contribution in [2.24, 2.45) is 0 Å². The monoisotopic (exact) mass is 230 g/mol.